The summed E-state index contributed by atoms with van der Waals surface area (Å²) in [6.45, 7) is 0. The second kappa shape index (κ2) is 10.0. The number of carbonyl (C=O) groups is 2. The lowest BCUT2D eigenvalue weighted by Crippen LogP contribution is -2.25. The van der Waals surface area contributed by atoms with E-state index in [1.807, 2.05) is 0 Å². The summed E-state index contributed by atoms with van der Waals surface area (Å²) in [6, 6.07) is 19.5. The van der Waals surface area contributed by atoms with Gasteiger partial charge in [0.25, 0.3) is 5.91 Å². The molecule has 3 aromatic rings. The molecule has 0 aromatic heterocycles. The summed E-state index contributed by atoms with van der Waals surface area (Å²) in [7, 11) is 0. The van der Waals surface area contributed by atoms with Crippen LogP contribution in [0.25, 0.3) is 0 Å². The highest BCUT2D eigenvalue weighted by Crippen LogP contribution is 2.23. The van der Waals surface area contributed by atoms with E-state index in [0.717, 1.165) is 0 Å². The fourth-order valence-electron chi connectivity index (χ4n) is 2.46. The van der Waals surface area contributed by atoms with Crippen molar-refractivity contribution in [2.24, 2.45) is 5.10 Å². The normalized spacial score (nSPS) is 11.8. The SMILES string of the molecule is O=C(Oc1ccc(/C=N/NC(=O)C(O)c2ccccc2)cc1)c1ccc(Cl)cc1Cl. The number of nitrogens with one attached hydrogen (secondary N) is 1. The fourth-order valence-corrected chi connectivity index (χ4v) is 2.94. The highest BCUT2D eigenvalue weighted by Gasteiger charge is 2.16. The Morgan fingerprint density at radius 2 is 1.70 bits per heavy atom. The maximum atomic E-state index is 12.2. The lowest BCUT2D eigenvalue weighted by Gasteiger charge is -2.08. The summed E-state index contributed by atoms with van der Waals surface area (Å²) in [5.74, 6) is -0.949. The van der Waals surface area contributed by atoms with E-state index in [1.165, 1.54) is 18.3 Å². The van der Waals surface area contributed by atoms with Crippen molar-refractivity contribution in [3.05, 3.63) is 99.5 Å². The van der Waals surface area contributed by atoms with Gasteiger partial charge in [0, 0.05) is 5.02 Å². The minimum absolute atomic E-state index is 0.199. The molecule has 3 rings (SSSR count). The third-order valence-electron chi connectivity index (χ3n) is 3.99. The van der Waals surface area contributed by atoms with E-state index in [-0.39, 0.29) is 10.6 Å². The van der Waals surface area contributed by atoms with Crippen LogP contribution in [0.1, 0.15) is 27.6 Å². The Morgan fingerprint density at radius 1 is 1.00 bits per heavy atom. The lowest BCUT2D eigenvalue weighted by molar-refractivity contribution is -0.129. The first-order valence-corrected chi connectivity index (χ1v) is 9.53. The molecule has 0 fully saturated rings. The van der Waals surface area contributed by atoms with E-state index in [4.69, 9.17) is 27.9 Å². The Morgan fingerprint density at radius 3 is 2.37 bits per heavy atom. The maximum absolute atomic E-state index is 12.2. The molecule has 0 spiro atoms. The molecular formula is C22H16Cl2N2O4. The first kappa shape index (κ1) is 21.5. The molecule has 1 amide bonds. The molecule has 0 heterocycles. The van der Waals surface area contributed by atoms with E-state index in [2.05, 4.69) is 10.5 Å². The second-order valence-corrected chi connectivity index (χ2v) is 6.97. The predicted molar refractivity (Wildman–Crippen MR) is 115 cm³/mol. The number of aliphatic hydroxyl groups excluding tert-OH is 1. The van der Waals surface area contributed by atoms with Gasteiger partial charge in [-0.05, 0) is 53.6 Å². The zero-order valence-corrected chi connectivity index (χ0v) is 17.0. The van der Waals surface area contributed by atoms with Crippen molar-refractivity contribution < 1.29 is 19.4 Å². The van der Waals surface area contributed by atoms with Crippen LogP contribution in [0.4, 0.5) is 0 Å². The number of benzene rings is 3. The van der Waals surface area contributed by atoms with E-state index in [9.17, 15) is 14.7 Å². The van der Waals surface area contributed by atoms with E-state index in [1.54, 1.807) is 60.7 Å². The van der Waals surface area contributed by atoms with Gasteiger partial charge in [-0.15, -0.1) is 0 Å². The van der Waals surface area contributed by atoms with Gasteiger partial charge in [0.1, 0.15) is 5.75 Å². The zero-order valence-electron chi connectivity index (χ0n) is 15.5. The molecule has 0 aliphatic carbocycles. The first-order chi connectivity index (χ1) is 14.4. The number of amides is 1. The maximum Gasteiger partial charge on any atom is 0.345 e. The van der Waals surface area contributed by atoms with Gasteiger partial charge in [-0.3, -0.25) is 4.79 Å². The molecule has 152 valence electrons. The van der Waals surface area contributed by atoms with Crippen molar-refractivity contribution in [2.45, 2.75) is 6.10 Å². The van der Waals surface area contributed by atoms with Crippen LogP contribution in [0.15, 0.2) is 77.9 Å². The van der Waals surface area contributed by atoms with Crippen molar-refractivity contribution in [1.82, 2.24) is 5.43 Å². The lowest BCUT2D eigenvalue weighted by atomic mass is 10.1. The van der Waals surface area contributed by atoms with Crippen LogP contribution < -0.4 is 10.2 Å². The van der Waals surface area contributed by atoms with Crippen LogP contribution in [-0.4, -0.2) is 23.2 Å². The smallest absolute Gasteiger partial charge is 0.345 e. The molecule has 30 heavy (non-hydrogen) atoms. The van der Waals surface area contributed by atoms with Crippen LogP contribution in [-0.2, 0) is 4.79 Å². The minimum Gasteiger partial charge on any atom is -0.423 e. The van der Waals surface area contributed by atoms with E-state index < -0.39 is 18.0 Å². The summed E-state index contributed by atoms with van der Waals surface area (Å²) in [5, 5.41) is 14.4. The highest BCUT2D eigenvalue weighted by molar-refractivity contribution is 6.36. The summed E-state index contributed by atoms with van der Waals surface area (Å²) in [5.41, 5.74) is 3.60. The Labute approximate surface area is 182 Å². The number of hydrogen-bond donors (Lipinski definition) is 2. The van der Waals surface area contributed by atoms with Gasteiger partial charge < -0.3 is 9.84 Å². The molecule has 8 heteroatoms. The topological polar surface area (TPSA) is 88.0 Å². The van der Waals surface area contributed by atoms with Gasteiger partial charge in [-0.25, -0.2) is 10.2 Å². The molecule has 3 aromatic carbocycles. The van der Waals surface area contributed by atoms with Crippen molar-refractivity contribution in [3.63, 3.8) is 0 Å². The molecular weight excluding hydrogens is 427 g/mol. The molecule has 1 unspecified atom stereocenters. The quantitative estimate of drug-likeness (QED) is 0.256. The zero-order chi connectivity index (χ0) is 21.5. The second-order valence-electron chi connectivity index (χ2n) is 6.13. The van der Waals surface area contributed by atoms with Gasteiger partial charge in [-0.2, -0.15) is 5.10 Å². The molecule has 0 bridgehead atoms. The number of esters is 1. The molecule has 0 saturated carbocycles. The van der Waals surface area contributed by atoms with Crippen molar-refractivity contribution in [3.8, 4) is 5.75 Å². The summed E-state index contributed by atoms with van der Waals surface area (Å²) in [4.78, 5) is 24.2. The fraction of sp³-hybridized carbons (Fsp3) is 0.0455. The summed E-state index contributed by atoms with van der Waals surface area (Å²) in [6.07, 6.45) is 0.0851. The molecule has 2 N–H and O–H groups in total. The summed E-state index contributed by atoms with van der Waals surface area (Å²) >= 11 is 11.8. The van der Waals surface area contributed by atoms with E-state index in [0.29, 0.717) is 21.9 Å². The van der Waals surface area contributed by atoms with Gasteiger partial charge >= 0.3 is 5.97 Å². The number of halogens is 2. The van der Waals surface area contributed by atoms with Crippen LogP contribution in [0, 0.1) is 0 Å². The van der Waals surface area contributed by atoms with Crippen LogP contribution in [0.2, 0.25) is 10.0 Å². The number of nitrogens with zero attached hydrogens (tertiary/aromatic N) is 1. The van der Waals surface area contributed by atoms with E-state index >= 15 is 0 Å². The number of aliphatic hydroxyl groups is 1. The molecule has 0 saturated heterocycles. The summed E-state index contributed by atoms with van der Waals surface area (Å²) < 4.78 is 5.29. The Kier molecular flexibility index (Phi) is 7.19. The number of carbonyl (C=O) groups excluding carboxylic acids is 2. The minimum atomic E-state index is -1.31. The van der Waals surface area contributed by atoms with Crippen LogP contribution >= 0.6 is 23.2 Å². The molecule has 6 nitrogen and oxygen atoms in total. The number of ether oxygens (including phenoxy) is 1. The van der Waals surface area contributed by atoms with Gasteiger partial charge in [0.15, 0.2) is 6.10 Å². The highest BCUT2D eigenvalue weighted by atomic mass is 35.5. The monoisotopic (exact) mass is 442 g/mol. The molecule has 0 radical (unpaired) electrons. The molecule has 1 atom stereocenters. The molecule has 0 aliphatic heterocycles. The van der Waals surface area contributed by atoms with Gasteiger partial charge in [-0.1, -0.05) is 53.5 Å². The predicted octanol–water partition coefficient (Wildman–Crippen LogP) is 4.40. The van der Waals surface area contributed by atoms with Crippen molar-refractivity contribution in [2.75, 3.05) is 0 Å². The molecule has 0 aliphatic rings. The third kappa shape index (κ3) is 5.67. The number of rotatable bonds is 6. The Hall–Kier alpha value is -3.19. The average molecular weight is 443 g/mol. The van der Waals surface area contributed by atoms with Crippen LogP contribution in [0.5, 0.6) is 5.75 Å². The largest absolute Gasteiger partial charge is 0.423 e. The first-order valence-electron chi connectivity index (χ1n) is 8.77. The van der Waals surface area contributed by atoms with Gasteiger partial charge in [0.2, 0.25) is 0 Å². The number of hydrogen-bond acceptors (Lipinski definition) is 5. The third-order valence-corrected chi connectivity index (χ3v) is 4.54. The standard InChI is InChI=1S/C22H16Cl2N2O4/c23-16-8-11-18(19(24)12-16)22(29)30-17-9-6-14(7-10-17)13-25-26-21(28)20(27)15-4-2-1-3-5-15/h1-13,20,27H,(H,26,28)/b25-13+. The number of hydrazone groups is 1. The van der Waals surface area contributed by atoms with Gasteiger partial charge in [0.05, 0.1) is 16.8 Å². The average Bonchev–Trinajstić information content (AvgIpc) is 2.75. The van der Waals surface area contributed by atoms with Crippen molar-refractivity contribution in [1.29, 1.82) is 0 Å². The Balaban J connectivity index is 1.56. The Bertz CT molecular complexity index is 1070. The van der Waals surface area contributed by atoms with Crippen LogP contribution in [0.3, 0.4) is 0 Å². The van der Waals surface area contributed by atoms with Crippen molar-refractivity contribution >= 4 is 41.3 Å².